The van der Waals surface area contributed by atoms with Crippen LogP contribution in [0.1, 0.15) is 26.3 Å². The van der Waals surface area contributed by atoms with Crippen LogP contribution in [0.15, 0.2) is 42.5 Å². The molecule has 1 saturated heterocycles. The van der Waals surface area contributed by atoms with Crippen molar-refractivity contribution >= 4 is 23.3 Å². The highest BCUT2D eigenvalue weighted by atomic mass is 16.5. The summed E-state index contributed by atoms with van der Waals surface area (Å²) >= 11 is 0. The largest absolute Gasteiger partial charge is 0.465 e. The minimum atomic E-state index is -0.461. The molecule has 0 saturated carbocycles. The van der Waals surface area contributed by atoms with E-state index in [0.717, 1.165) is 37.4 Å². The van der Waals surface area contributed by atoms with Crippen molar-refractivity contribution in [3.8, 4) is 0 Å². The summed E-state index contributed by atoms with van der Waals surface area (Å²) in [7, 11) is 3.46. The Morgan fingerprint density at radius 2 is 1.70 bits per heavy atom. The van der Waals surface area contributed by atoms with E-state index in [1.165, 1.54) is 18.9 Å². The second-order valence-corrected chi connectivity index (χ2v) is 6.82. The lowest BCUT2D eigenvalue weighted by Crippen LogP contribution is -2.44. The van der Waals surface area contributed by atoms with Gasteiger partial charge in [0.25, 0.3) is 5.91 Å². The van der Waals surface area contributed by atoms with E-state index in [1.54, 1.807) is 18.2 Å². The van der Waals surface area contributed by atoms with Crippen molar-refractivity contribution in [1.82, 2.24) is 4.90 Å². The number of amides is 1. The predicted molar refractivity (Wildman–Crippen MR) is 107 cm³/mol. The number of hydrogen-bond donors (Lipinski definition) is 1. The molecule has 0 bridgehead atoms. The van der Waals surface area contributed by atoms with Crippen LogP contribution in [0, 0.1) is 6.92 Å². The molecule has 1 amide bonds. The number of likely N-dealkylation sites (N-methyl/N-ethyl adjacent to an activating group) is 1. The minimum Gasteiger partial charge on any atom is -0.465 e. The molecule has 0 unspecified atom stereocenters. The van der Waals surface area contributed by atoms with E-state index in [1.807, 2.05) is 12.1 Å². The molecule has 1 fully saturated rings. The van der Waals surface area contributed by atoms with E-state index in [9.17, 15) is 9.59 Å². The Hall–Kier alpha value is -2.86. The Bertz CT molecular complexity index is 842. The van der Waals surface area contributed by atoms with Crippen LogP contribution in [-0.2, 0) is 4.74 Å². The monoisotopic (exact) mass is 367 g/mol. The molecule has 2 aromatic carbocycles. The summed E-state index contributed by atoms with van der Waals surface area (Å²) in [5.41, 5.74) is 3.83. The van der Waals surface area contributed by atoms with Gasteiger partial charge in [0.1, 0.15) is 0 Å². The van der Waals surface area contributed by atoms with Crippen LogP contribution < -0.4 is 10.2 Å². The Morgan fingerprint density at radius 3 is 2.37 bits per heavy atom. The topological polar surface area (TPSA) is 61.9 Å². The highest BCUT2D eigenvalue weighted by molar-refractivity contribution is 6.05. The summed E-state index contributed by atoms with van der Waals surface area (Å²) in [6.07, 6.45) is 0. The maximum atomic E-state index is 12.5. The predicted octanol–water partition coefficient (Wildman–Crippen LogP) is 2.79. The number of ether oxygens (including phenoxy) is 1. The number of benzene rings is 2. The molecule has 1 heterocycles. The van der Waals surface area contributed by atoms with Crippen LogP contribution in [0.5, 0.6) is 0 Å². The number of nitrogens with one attached hydrogen (secondary N) is 1. The highest BCUT2D eigenvalue weighted by Gasteiger charge is 2.16. The van der Waals surface area contributed by atoms with Gasteiger partial charge in [0.05, 0.1) is 12.7 Å². The molecule has 0 aromatic heterocycles. The molecule has 1 N–H and O–H groups in total. The van der Waals surface area contributed by atoms with Crippen molar-refractivity contribution in [3.63, 3.8) is 0 Å². The van der Waals surface area contributed by atoms with E-state index in [2.05, 4.69) is 35.2 Å². The van der Waals surface area contributed by atoms with Gasteiger partial charge in [-0.1, -0.05) is 6.07 Å². The lowest BCUT2D eigenvalue weighted by atomic mass is 10.1. The van der Waals surface area contributed by atoms with Gasteiger partial charge in [0.15, 0.2) is 0 Å². The first kappa shape index (κ1) is 18.9. The van der Waals surface area contributed by atoms with E-state index in [0.29, 0.717) is 11.1 Å². The third kappa shape index (κ3) is 4.46. The van der Waals surface area contributed by atoms with Gasteiger partial charge in [0, 0.05) is 43.1 Å². The number of carbonyl (C=O) groups excluding carboxylic acids is 2. The van der Waals surface area contributed by atoms with Crippen molar-refractivity contribution in [2.45, 2.75) is 6.92 Å². The fourth-order valence-corrected chi connectivity index (χ4v) is 3.24. The maximum absolute atomic E-state index is 12.5. The molecular weight excluding hydrogens is 342 g/mol. The molecule has 27 heavy (non-hydrogen) atoms. The normalized spacial score (nSPS) is 14.7. The number of nitrogens with zero attached hydrogens (tertiary/aromatic N) is 2. The average Bonchev–Trinajstić information content (AvgIpc) is 2.68. The van der Waals surface area contributed by atoms with Gasteiger partial charge < -0.3 is 19.9 Å². The second-order valence-electron chi connectivity index (χ2n) is 6.82. The van der Waals surface area contributed by atoms with Gasteiger partial charge in [-0.2, -0.15) is 0 Å². The van der Waals surface area contributed by atoms with Crippen LogP contribution in [0.3, 0.4) is 0 Å². The summed E-state index contributed by atoms with van der Waals surface area (Å²) in [4.78, 5) is 28.9. The van der Waals surface area contributed by atoms with Crippen LogP contribution in [0.25, 0.3) is 0 Å². The Kier molecular flexibility index (Phi) is 5.76. The van der Waals surface area contributed by atoms with Crippen molar-refractivity contribution in [2.75, 3.05) is 50.6 Å². The van der Waals surface area contributed by atoms with E-state index >= 15 is 0 Å². The molecule has 0 radical (unpaired) electrons. The number of esters is 1. The lowest BCUT2D eigenvalue weighted by Gasteiger charge is -2.35. The smallest absolute Gasteiger partial charge is 0.337 e. The van der Waals surface area contributed by atoms with Crippen molar-refractivity contribution < 1.29 is 14.3 Å². The van der Waals surface area contributed by atoms with E-state index < -0.39 is 5.97 Å². The SMILES string of the molecule is COC(=O)c1cccc(C(=O)Nc2ccc(N3CCN(C)CC3)c(C)c2)c1. The van der Waals surface area contributed by atoms with Crippen LogP contribution >= 0.6 is 0 Å². The Balaban J connectivity index is 1.71. The fraction of sp³-hybridized carbons (Fsp3) is 0.333. The van der Waals surface area contributed by atoms with E-state index in [-0.39, 0.29) is 5.91 Å². The molecule has 0 spiro atoms. The summed E-state index contributed by atoms with van der Waals surface area (Å²) in [6.45, 7) is 6.16. The Labute approximate surface area is 159 Å². The zero-order valence-electron chi connectivity index (χ0n) is 16.0. The molecular formula is C21H25N3O3. The zero-order chi connectivity index (χ0) is 19.4. The lowest BCUT2D eigenvalue weighted by molar-refractivity contribution is 0.0600. The fourth-order valence-electron chi connectivity index (χ4n) is 3.24. The van der Waals surface area contributed by atoms with Gasteiger partial charge in [-0.25, -0.2) is 4.79 Å². The van der Waals surface area contributed by atoms with Gasteiger partial charge in [-0.15, -0.1) is 0 Å². The van der Waals surface area contributed by atoms with Gasteiger partial charge in [0.2, 0.25) is 0 Å². The second kappa shape index (κ2) is 8.22. The molecule has 1 aliphatic rings. The van der Waals surface area contributed by atoms with Gasteiger partial charge in [-0.05, 0) is 55.9 Å². The molecule has 6 nitrogen and oxygen atoms in total. The third-order valence-corrected chi connectivity index (χ3v) is 4.84. The number of anilines is 2. The minimum absolute atomic E-state index is 0.257. The number of carbonyl (C=O) groups is 2. The maximum Gasteiger partial charge on any atom is 0.337 e. The first-order valence-corrected chi connectivity index (χ1v) is 9.02. The summed E-state index contributed by atoms with van der Waals surface area (Å²) in [6, 6.07) is 12.5. The molecule has 3 rings (SSSR count). The van der Waals surface area contributed by atoms with Crippen molar-refractivity contribution in [3.05, 3.63) is 59.2 Å². The number of rotatable bonds is 4. The van der Waals surface area contributed by atoms with Crippen molar-refractivity contribution in [1.29, 1.82) is 0 Å². The molecule has 142 valence electrons. The first-order valence-electron chi connectivity index (χ1n) is 9.02. The molecule has 2 aromatic rings. The number of aryl methyl sites for hydroxylation is 1. The number of methoxy groups -OCH3 is 1. The molecule has 1 aliphatic heterocycles. The van der Waals surface area contributed by atoms with Gasteiger partial charge >= 0.3 is 5.97 Å². The summed E-state index contributed by atoms with van der Waals surface area (Å²) < 4.78 is 4.70. The number of piperazine rings is 1. The van der Waals surface area contributed by atoms with Gasteiger partial charge in [-0.3, -0.25) is 4.79 Å². The third-order valence-electron chi connectivity index (χ3n) is 4.84. The Morgan fingerprint density at radius 1 is 1.00 bits per heavy atom. The van der Waals surface area contributed by atoms with Crippen LogP contribution in [-0.4, -0.2) is 57.1 Å². The highest BCUT2D eigenvalue weighted by Crippen LogP contribution is 2.25. The van der Waals surface area contributed by atoms with E-state index in [4.69, 9.17) is 4.74 Å². The summed E-state index contributed by atoms with van der Waals surface area (Å²) in [5.74, 6) is -0.718. The van der Waals surface area contributed by atoms with Crippen LogP contribution in [0.2, 0.25) is 0 Å². The van der Waals surface area contributed by atoms with Crippen molar-refractivity contribution in [2.24, 2.45) is 0 Å². The average molecular weight is 367 g/mol. The standard InChI is InChI=1S/C21H25N3O3/c1-15-13-18(7-8-19(15)24-11-9-23(2)10-12-24)22-20(25)16-5-4-6-17(14-16)21(26)27-3/h4-8,13-14H,9-12H2,1-3H3,(H,22,25). The number of hydrogen-bond acceptors (Lipinski definition) is 5. The molecule has 6 heteroatoms. The van der Waals surface area contributed by atoms with Crippen LogP contribution in [0.4, 0.5) is 11.4 Å². The molecule has 0 aliphatic carbocycles. The summed E-state index contributed by atoms with van der Waals surface area (Å²) in [5, 5.41) is 2.90. The first-order chi connectivity index (χ1) is 13.0. The zero-order valence-corrected chi connectivity index (χ0v) is 16.0. The quantitative estimate of drug-likeness (QED) is 0.842. The molecule has 0 atom stereocenters.